The molecule has 1 aromatic carbocycles. The maximum Gasteiger partial charge on any atom is 0.185 e. The third-order valence-electron chi connectivity index (χ3n) is 4.33. The molecule has 1 aromatic heterocycles. The van der Waals surface area contributed by atoms with Gasteiger partial charge in [0.2, 0.25) is 0 Å². The topological polar surface area (TPSA) is 48.4 Å². The second kappa shape index (κ2) is 7.22. The molecule has 0 amide bonds. The lowest BCUT2D eigenvalue weighted by atomic mass is 10.0. The van der Waals surface area contributed by atoms with Crippen LogP contribution in [0.15, 0.2) is 35.8 Å². The van der Waals surface area contributed by atoms with Gasteiger partial charge in [0.05, 0.1) is 6.10 Å². The summed E-state index contributed by atoms with van der Waals surface area (Å²) in [5.41, 5.74) is 2.17. The number of nitrogens with zero attached hydrogens (tertiary/aromatic N) is 2. The maximum absolute atomic E-state index is 10.4. The maximum atomic E-state index is 10.4. The van der Waals surface area contributed by atoms with Crippen LogP contribution in [0.2, 0.25) is 0 Å². The highest BCUT2D eigenvalue weighted by atomic mass is 32.1. The standard InChI is InChI=1S/C17H23N3OS/c1-13-4-2-3-5-15(13)16(21)12-19-14-6-9-20(10-7-14)17-18-8-11-22-17/h2-5,8,11,14,16,19,21H,6-7,9-10,12H2,1H3/t16-/m0/s1. The average molecular weight is 317 g/mol. The van der Waals surface area contributed by atoms with Crippen LogP contribution < -0.4 is 10.2 Å². The van der Waals surface area contributed by atoms with E-state index in [4.69, 9.17) is 0 Å². The minimum atomic E-state index is -0.432. The summed E-state index contributed by atoms with van der Waals surface area (Å²) >= 11 is 1.70. The first-order chi connectivity index (χ1) is 10.7. The molecule has 1 aliphatic rings. The number of hydrogen-bond donors (Lipinski definition) is 2. The quantitative estimate of drug-likeness (QED) is 0.890. The summed E-state index contributed by atoms with van der Waals surface area (Å²) in [4.78, 5) is 6.72. The molecule has 22 heavy (non-hydrogen) atoms. The van der Waals surface area contributed by atoms with Crippen LogP contribution in [0.1, 0.15) is 30.1 Å². The number of anilines is 1. The lowest BCUT2D eigenvalue weighted by molar-refractivity contribution is 0.166. The van der Waals surface area contributed by atoms with Crippen LogP contribution in [-0.2, 0) is 0 Å². The van der Waals surface area contributed by atoms with Crippen LogP contribution in [0.5, 0.6) is 0 Å². The van der Waals surface area contributed by atoms with E-state index < -0.39 is 6.10 Å². The van der Waals surface area contributed by atoms with Gasteiger partial charge in [0.15, 0.2) is 5.13 Å². The Balaban J connectivity index is 1.46. The number of aryl methyl sites for hydroxylation is 1. The number of nitrogens with one attached hydrogen (secondary N) is 1. The van der Waals surface area contributed by atoms with Crippen LogP contribution in [-0.4, -0.2) is 35.8 Å². The van der Waals surface area contributed by atoms with E-state index in [0.29, 0.717) is 12.6 Å². The Morgan fingerprint density at radius 3 is 2.82 bits per heavy atom. The number of piperidine rings is 1. The van der Waals surface area contributed by atoms with E-state index in [1.807, 2.05) is 42.8 Å². The molecule has 0 aliphatic carbocycles. The van der Waals surface area contributed by atoms with E-state index in [0.717, 1.165) is 42.2 Å². The second-order valence-electron chi connectivity index (χ2n) is 5.86. The van der Waals surface area contributed by atoms with Crippen molar-refractivity contribution in [1.29, 1.82) is 0 Å². The summed E-state index contributed by atoms with van der Waals surface area (Å²) in [7, 11) is 0. The molecule has 2 heterocycles. The van der Waals surface area contributed by atoms with Crippen LogP contribution in [0.25, 0.3) is 0 Å². The van der Waals surface area contributed by atoms with E-state index >= 15 is 0 Å². The van der Waals surface area contributed by atoms with Gasteiger partial charge in [-0.2, -0.15) is 0 Å². The van der Waals surface area contributed by atoms with Gasteiger partial charge < -0.3 is 15.3 Å². The monoisotopic (exact) mass is 317 g/mol. The molecule has 118 valence electrons. The lowest BCUT2D eigenvalue weighted by Crippen LogP contribution is -2.43. The summed E-state index contributed by atoms with van der Waals surface area (Å²) in [6, 6.07) is 8.53. The molecule has 0 radical (unpaired) electrons. The van der Waals surface area contributed by atoms with Crippen LogP contribution in [0, 0.1) is 6.92 Å². The van der Waals surface area contributed by atoms with Crippen molar-refractivity contribution >= 4 is 16.5 Å². The zero-order chi connectivity index (χ0) is 15.4. The summed E-state index contributed by atoms with van der Waals surface area (Å²) < 4.78 is 0. The number of thiazole rings is 1. The predicted octanol–water partition coefficient (Wildman–Crippen LogP) is 2.74. The SMILES string of the molecule is Cc1ccccc1[C@@H](O)CNC1CCN(c2nccs2)CC1. The number of aliphatic hydroxyl groups is 1. The summed E-state index contributed by atoms with van der Waals surface area (Å²) in [5, 5.41) is 17.0. The van der Waals surface area contributed by atoms with E-state index in [-0.39, 0.29) is 0 Å². The van der Waals surface area contributed by atoms with Gasteiger partial charge in [0.1, 0.15) is 0 Å². The van der Waals surface area contributed by atoms with E-state index in [1.165, 1.54) is 0 Å². The molecule has 2 aromatic rings. The first-order valence-corrected chi connectivity index (χ1v) is 8.73. The number of rotatable bonds is 5. The minimum Gasteiger partial charge on any atom is -0.387 e. The molecule has 1 saturated heterocycles. The third kappa shape index (κ3) is 3.66. The number of benzene rings is 1. The zero-order valence-electron chi connectivity index (χ0n) is 12.9. The van der Waals surface area contributed by atoms with Crippen molar-refractivity contribution < 1.29 is 5.11 Å². The average Bonchev–Trinajstić information content (AvgIpc) is 3.08. The zero-order valence-corrected chi connectivity index (χ0v) is 13.7. The molecular weight excluding hydrogens is 294 g/mol. The predicted molar refractivity (Wildman–Crippen MR) is 91.5 cm³/mol. The van der Waals surface area contributed by atoms with Crippen molar-refractivity contribution in [1.82, 2.24) is 10.3 Å². The molecule has 0 bridgehead atoms. The van der Waals surface area contributed by atoms with Gasteiger partial charge in [-0.3, -0.25) is 0 Å². The fourth-order valence-corrected chi connectivity index (χ4v) is 3.69. The Kier molecular flexibility index (Phi) is 5.08. The lowest BCUT2D eigenvalue weighted by Gasteiger charge is -2.32. The molecule has 1 fully saturated rings. The second-order valence-corrected chi connectivity index (χ2v) is 6.73. The van der Waals surface area contributed by atoms with E-state index in [1.54, 1.807) is 11.3 Å². The highest BCUT2D eigenvalue weighted by Crippen LogP contribution is 2.22. The summed E-state index contributed by atoms with van der Waals surface area (Å²) in [5.74, 6) is 0. The highest BCUT2D eigenvalue weighted by Gasteiger charge is 2.21. The Morgan fingerprint density at radius 2 is 2.14 bits per heavy atom. The fourth-order valence-electron chi connectivity index (χ4n) is 3.00. The molecule has 2 N–H and O–H groups in total. The molecule has 0 unspecified atom stereocenters. The molecule has 0 saturated carbocycles. The van der Waals surface area contributed by atoms with Crippen molar-refractivity contribution in [3.8, 4) is 0 Å². The number of hydrogen-bond acceptors (Lipinski definition) is 5. The number of aliphatic hydroxyl groups excluding tert-OH is 1. The normalized spacial score (nSPS) is 17.6. The largest absolute Gasteiger partial charge is 0.387 e. The molecule has 1 aliphatic heterocycles. The van der Waals surface area contributed by atoms with Gasteiger partial charge >= 0.3 is 0 Å². The number of aromatic nitrogens is 1. The van der Waals surface area contributed by atoms with Crippen molar-refractivity contribution in [2.75, 3.05) is 24.5 Å². The summed E-state index contributed by atoms with van der Waals surface area (Å²) in [6.45, 7) is 4.73. The van der Waals surface area contributed by atoms with E-state index in [9.17, 15) is 5.11 Å². The first-order valence-electron chi connectivity index (χ1n) is 7.85. The van der Waals surface area contributed by atoms with Crippen molar-refractivity contribution in [2.45, 2.75) is 31.9 Å². The Morgan fingerprint density at radius 1 is 1.36 bits per heavy atom. The van der Waals surface area contributed by atoms with Gasteiger partial charge in [-0.1, -0.05) is 24.3 Å². The fraction of sp³-hybridized carbons (Fsp3) is 0.471. The van der Waals surface area contributed by atoms with Crippen LogP contribution in [0.3, 0.4) is 0 Å². The van der Waals surface area contributed by atoms with E-state index in [2.05, 4.69) is 15.2 Å². The van der Waals surface area contributed by atoms with Gasteiger partial charge in [-0.05, 0) is 30.9 Å². The first kappa shape index (κ1) is 15.5. The van der Waals surface area contributed by atoms with Crippen LogP contribution in [0.4, 0.5) is 5.13 Å². The van der Waals surface area contributed by atoms with Gasteiger partial charge in [0, 0.05) is 37.3 Å². The highest BCUT2D eigenvalue weighted by molar-refractivity contribution is 7.13. The Bertz CT molecular complexity index is 579. The molecule has 1 atom stereocenters. The third-order valence-corrected chi connectivity index (χ3v) is 5.16. The van der Waals surface area contributed by atoms with Crippen molar-refractivity contribution in [3.05, 3.63) is 47.0 Å². The van der Waals surface area contributed by atoms with Gasteiger partial charge in [0.25, 0.3) is 0 Å². The molecular formula is C17H23N3OS. The Hall–Kier alpha value is -1.43. The molecule has 0 spiro atoms. The molecule has 5 heteroatoms. The molecule has 4 nitrogen and oxygen atoms in total. The van der Waals surface area contributed by atoms with Crippen molar-refractivity contribution in [3.63, 3.8) is 0 Å². The van der Waals surface area contributed by atoms with Gasteiger partial charge in [-0.15, -0.1) is 11.3 Å². The smallest absolute Gasteiger partial charge is 0.185 e. The minimum absolute atomic E-state index is 0.432. The van der Waals surface area contributed by atoms with Gasteiger partial charge in [-0.25, -0.2) is 4.98 Å². The Labute approximate surface area is 135 Å². The van der Waals surface area contributed by atoms with Crippen molar-refractivity contribution in [2.24, 2.45) is 0 Å². The molecule has 3 rings (SSSR count). The summed E-state index contributed by atoms with van der Waals surface area (Å²) in [6.07, 6.45) is 3.63. The van der Waals surface area contributed by atoms with Crippen LogP contribution >= 0.6 is 11.3 Å².